The van der Waals surface area contributed by atoms with Gasteiger partial charge in [0.2, 0.25) is 21.8 Å². The molecule has 0 spiro atoms. The molecule has 0 saturated carbocycles. The lowest BCUT2D eigenvalue weighted by Gasteiger charge is -2.35. The molecule has 0 aliphatic carbocycles. The molecule has 8 heteroatoms. The third-order valence-electron chi connectivity index (χ3n) is 5.77. The Balaban J connectivity index is 1.68. The zero-order valence-corrected chi connectivity index (χ0v) is 17.9. The second-order valence-corrected chi connectivity index (χ2v) is 9.75. The summed E-state index contributed by atoms with van der Waals surface area (Å²) in [6, 6.07) is 7.59. The summed E-state index contributed by atoms with van der Waals surface area (Å²) in [7, 11) is -3.71. The Morgan fingerprint density at radius 1 is 1.10 bits per heavy atom. The van der Waals surface area contributed by atoms with Gasteiger partial charge in [0.1, 0.15) is 6.04 Å². The molecule has 3 rings (SSSR count). The van der Waals surface area contributed by atoms with Crippen LogP contribution in [0, 0.1) is 5.92 Å². The summed E-state index contributed by atoms with van der Waals surface area (Å²) in [6.07, 6.45) is 4.67. The second-order valence-electron chi connectivity index (χ2n) is 7.85. The van der Waals surface area contributed by atoms with Gasteiger partial charge in [-0.05, 0) is 44.2 Å². The maximum absolute atomic E-state index is 13.2. The molecule has 29 heavy (non-hydrogen) atoms. The molecule has 160 valence electrons. The number of nitrogens with zero attached hydrogens (tertiary/aromatic N) is 2. The molecule has 1 aromatic rings. The molecule has 2 atom stereocenters. The Kier molecular flexibility index (Phi) is 7.29. The van der Waals surface area contributed by atoms with Crippen LogP contribution in [0.25, 0.3) is 0 Å². The van der Waals surface area contributed by atoms with Gasteiger partial charge in [0.05, 0.1) is 10.8 Å². The van der Waals surface area contributed by atoms with Crippen molar-refractivity contribution in [1.29, 1.82) is 0 Å². The first-order valence-electron chi connectivity index (χ1n) is 10.6. The van der Waals surface area contributed by atoms with E-state index in [0.29, 0.717) is 39.0 Å². The van der Waals surface area contributed by atoms with Crippen molar-refractivity contribution in [1.82, 2.24) is 14.5 Å². The number of hydrogen-bond donors (Lipinski definition) is 1. The summed E-state index contributed by atoms with van der Waals surface area (Å²) in [5.41, 5.74) is 0. The van der Waals surface area contributed by atoms with Gasteiger partial charge in [-0.3, -0.25) is 9.59 Å². The van der Waals surface area contributed by atoms with Gasteiger partial charge in [-0.2, -0.15) is 4.31 Å². The van der Waals surface area contributed by atoms with Crippen LogP contribution in [0.3, 0.4) is 0 Å². The summed E-state index contributed by atoms with van der Waals surface area (Å²) in [4.78, 5) is 27.5. The molecule has 1 aromatic carbocycles. The van der Waals surface area contributed by atoms with E-state index in [1.165, 1.54) is 4.31 Å². The van der Waals surface area contributed by atoms with Crippen LogP contribution in [0.2, 0.25) is 0 Å². The Morgan fingerprint density at radius 3 is 2.55 bits per heavy atom. The van der Waals surface area contributed by atoms with Crippen molar-refractivity contribution in [2.45, 2.75) is 56.4 Å². The number of rotatable bonds is 7. The van der Waals surface area contributed by atoms with Crippen LogP contribution in [0.5, 0.6) is 0 Å². The summed E-state index contributed by atoms with van der Waals surface area (Å²) >= 11 is 0. The zero-order chi connectivity index (χ0) is 20.9. The molecule has 2 unspecified atom stereocenters. The first-order chi connectivity index (χ1) is 13.9. The summed E-state index contributed by atoms with van der Waals surface area (Å²) in [6.45, 7) is 4.03. The highest BCUT2D eigenvalue weighted by atomic mass is 32.2. The van der Waals surface area contributed by atoms with Crippen LogP contribution in [0.1, 0.15) is 45.4 Å². The van der Waals surface area contributed by atoms with Crippen LogP contribution >= 0.6 is 0 Å². The number of unbranched alkanes of at least 4 members (excludes halogenated alkanes) is 1. The smallest absolute Gasteiger partial charge is 0.243 e. The minimum absolute atomic E-state index is 0.00358. The van der Waals surface area contributed by atoms with Gasteiger partial charge in [-0.1, -0.05) is 31.5 Å². The SMILES string of the molecule is CCCCNC(=O)C1CCCN(C(=O)C2CCCN2S(=O)(=O)c2ccccc2)C1. The highest BCUT2D eigenvalue weighted by Gasteiger charge is 2.42. The summed E-state index contributed by atoms with van der Waals surface area (Å²) in [5, 5.41) is 2.95. The van der Waals surface area contributed by atoms with E-state index in [2.05, 4.69) is 12.2 Å². The van der Waals surface area contributed by atoms with E-state index in [-0.39, 0.29) is 22.6 Å². The number of benzene rings is 1. The third-order valence-corrected chi connectivity index (χ3v) is 7.69. The third kappa shape index (κ3) is 4.98. The monoisotopic (exact) mass is 421 g/mol. The second kappa shape index (κ2) is 9.71. The predicted octanol–water partition coefficient (Wildman–Crippen LogP) is 1.99. The van der Waals surface area contributed by atoms with Gasteiger partial charge in [0, 0.05) is 26.2 Å². The van der Waals surface area contributed by atoms with Gasteiger partial charge >= 0.3 is 0 Å². The number of amides is 2. The maximum atomic E-state index is 13.2. The lowest BCUT2D eigenvalue weighted by atomic mass is 9.96. The van der Waals surface area contributed by atoms with Crippen LogP contribution < -0.4 is 5.32 Å². The zero-order valence-electron chi connectivity index (χ0n) is 17.0. The highest BCUT2D eigenvalue weighted by Crippen LogP contribution is 2.28. The van der Waals surface area contributed by atoms with Gasteiger partial charge < -0.3 is 10.2 Å². The van der Waals surface area contributed by atoms with Crippen molar-refractivity contribution < 1.29 is 18.0 Å². The first-order valence-corrected chi connectivity index (χ1v) is 12.0. The molecule has 7 nitrogen and oxygen atoms in total. The number of sulfonamides is 1. The van der Waals surface area contributed by atoms with Crippen molar-refractivity contribution in [3.8, 4) is 0 Å². The van der Waals surface area contributed by atoms with Gasteiger partial charge in [-0.15, -0.1) is 0 Å². The molecular formula is C21H31N3O4S. The molecule has 2 amide bonds. The number of carbonyl (C=O) groups excluding carboxylic acids is 2. The molecule has 2 saturated heterocycles. The van der Waals surface area contributed by atoms with Crippen LogP contribution in [0.15, 0.2) is 35.2 Å². The predicted molar refractivity (Wildman–Crippen MR) is 111 cm³/mol. The van der Waals surface area contributed by atoms with E-state index in [4.69, 9.17) is 0 Å². The Hall–Kier alpha value is -1.93. The lowest BCUT2D eigenvalue weighted by Crippen LogP contribution is -2.52. The molecule has 0 aromatic heterocycles. The van der Waals surface area contributed by atoms with E-state index in [0.717, 1.165) is 25.7 Å². The van der Waals surface area contributed by atoms with Crippen molar-refractivity contribution in [2.24, 2.45) is 5.92 Å². The van der Waals surface area contributed by atoms with E-state index in [1.807, 2.05) is 0 Å². The largest absolute Gasteiger partial charge is 0.356 e. The molecule has 2 heterocycles. The standard InChI is InChI=1S/C21H31N3O4S/c1-2-3-13-22-20(25)17-9-7-14-23(16-17)21(26)19-12-8-15-24(19)29(27,28)18-10-5-4-6-11-18/h4-6,10-11,17,19H,2-3,7-9,12-16H2,1H3,(H,22,25). The van der Waals surface area contributed by atoms with Gasteiger partial charge in [-0.25, -0.2) is 8.42 Å². The topological polar surface area (TPSA) is 86.8 Å². The average molecular weight is 422 g/mol. The van der Waals surface area contributed by atoms with Crippen molar-refractivity contribution in [2.75, 3.05) is 26.2 Å². The van der Waals surface area contributed by atoms with Crippen molar-refractivity contribution in [3.63, 3.8) is 0 Å². The number of carbonyl (C=O) groups is 2. The minimum atomic E-state index is -3.71. The maximum Gasteiger partial charge on any atom is 0.243 e. The van der Waals surface area contributed by atoms with E-state index in [9.17, 15) is 18.0 Å². The van der Waals surface area contributed by atoms with Gasteiger partial charge in [0.25, 0.3) is 0 Å². The summed E-state index contributed by atoms with van der Waals surface area (Å²) in [5.74, 6) is -0.394. The first kappa shape index (κ1) is 21.8. The number of likely N-dealkylation sites (tertiary alicyclic amines) is 1. The average Bonchev–Trinajstić information content (AvgIpc) is 3.25. The Bertz CT molecular complexity index is 812. The number of nitrogens with one attached hydrogen (secondary N) is 1. The highest BCUT2D eigenvalue weighted by molar-refractivity contribution is 7.89. The number of piperidine rings is 1. The molecule has 1 N–H and O–H groups in total. The molecule has 0 radical (unpaired) electrons. The quantitative estimate of drug-likeness (QED) is 0.682. The lowest BCUT2D eigenvalue weighted by molar-refractivity contribution is -0.138. The van der Waals surface area contributed by atoms with Gasteiger partial charge in [0.15, 0.2) is 0 Å². The molecule has 0 bridgehead atoms. The van der Waals surface area contributed by atoms with Crippen molar-refractivity contribution >= 4 is 21.8 Å². The molecule has 2 aliphatic heterocycles. The minimum Gasteiger partial charge on any atom is -0.356 e. The summed E-state index contributed by atoms with van der Waals surface area (Å²) < 4.78 is 27.4. The Labute approximate surface area is 173 Å². The van der Waals surface area contributed by atoms with Crippen LogP contribution in [-0.4, -0.2) is 61.7 Å². The fraction of sp³-hybridized carbons (Fsp3) is 0.619. The van der Waals surface area contributed by atoms with Crippen LogP contribution in [-0.2, 0) is 19.6 Å². The molecule has 2 aliphatic rings. The normalized spacial score (nSPS) is 23.1. The Morgan fingerprint density at radius 2 is 1.83 bits per heavy atom. The van der Waals surface area contributed by atoms with E-state index >= 15 is 0 Å². The van der Waals surface area contributed by atoms with E-state index in [1.54, 1.807) is 35.2 Å². The van der Waals surface area contributed by atoms with E-state index < -0.39 is 16.1 Å². The number of hydrogen-bond acceptors (Lipinski definition) is 4. The molecule has 2 fully saturated rings. The fourth-order valence-corrected chi connectivity index (χ4v) is 5.81. The fourth-order valence-electron chi connectivity index (χ4n) is 4.14. The van der Waals surface area contributed by atoms with Crippen molar-refractivity contribution in [3.05, 3.63) is 30.3 Å². The molecular weight excluding hydrogens is 390 g/mol. The van der Waals surface area contributed by atoms with Crippen LogP contribution in [0.4, 0.5) is 0 Å².